The quantitative estimate of drug-likeness (QED) is 0.430. The highest BCUT2D eigenvalue weighted by Gasteiger charge is 2.40. The fraction of sp³-hybridized carbons (Fsp3) is 0.310. The van der Waals surface area contributed by atoms with Gasteiger partial charge in [0.05, 0.1) is 12.6 Å². The molecule has 170 valence electrons. The van der Waals surface area contributed by atoms with Gasteiger partial charge in [-0.15, -0.1) is 0 Å². The molecule has 0 bridgehead atoms. The van der Waals surface area contributed by atoms with Crippen LogP contribution in [0.2, 0.25) is 0 Å². The minimum Gasteiger partial charge on any atom is -0.490 e. The van der Waals surface area contributed by atoms with Gasteiger partial charge in [-0.05, 0) is 60.7 Å². The van der Waals surface area contributed by atoms with Crippen LogP contribution < -0.4 is 9.47 Å². The van der Waals surface area contributed by atoms with Crippen molar-refractivity contribution in [1.82, 2.24) is 4.90 Å². The molecule has 2 atom stereocenters. The van der Waals surface area contributed by atoms with Crippen LogP contribution in [-0.2, 0) is 4.74 Å². The van der Waals surface area contributed by atoms with E-state index < -0.39 is 0 Å². The van der Waals surface area contributed by atoms with Crippen LogP contribution in [0.1, 0.15) is 43.5 Å². The monoisotopic (exact) mass is 441 g/mol. The Labute approximate surface area is 196 Å². The lowest BCUT2D eigenvalue weighted by molar-refractivity contribution is -0.00919. The number of ether oxygens (including phenoxy) is 3. The summed E-state index contributed by atoms with van der Waals surface area (Å²) in [7, 11) is 0. The van der Waals surface area contributed by atoms with Gasteiger partial charge in [-0.25, -0.2) is 0 Å². The second kappa shape index (κ2) is 9.42. The zero-order valence-electron chi connectivity index (χ0n) is 19.5. The van der Waals surface area contributed by atoms with Gasteiger partial charge in [-0.3, -0.25) is 4.90 Å². The van der Waals surface area contributed by atoms with Crippen LogP contribution >= 0.6 is 0 Å². The topological polar surface area (TPSA) is 30.9 Å². The first-order chi connectivity index (χ1) is 16.2. The Morgan fingerprint density at radius 3 is 2.30 bits per heavy atom. The van der Waals surface area contributed by atoms with Crippen molar-refractivity contribution in [2.24, 2.45) is 0 Å². The summed E-state index contributed by atoms with van der Waals surface area (Å²) in [5, 5.41) is 0. The number of benzene rings is 3. The number of fused-ring (bicyclic) bond motifs is 3. The fourth-order valence-electron chi connectivity index (χ4n) is 5.07. The normalized spacial score (nSPS) is 20.2. The minimum absolute atomic E-state index is 0.00327. The van der Waals surface area contributed by atoms with E-state index in [2.05, 4.69) is 66.4 Å². The van der Waals surface area contributed by atoms with E-state index in [9.17, 15) is 0 Å². The molecule has 0 amide bonds. The van der Waals surface area contributed by atoms with Gasteiger partial charge in [0.2, 0.25) is 0 Å². The van der Waals surface area contributed by atoms with E-state index in [0.29, 0.717) is 13.2 Å². The van der Waals surface area contributed by atoms with Crippen molar-refractivity contribution >= 4 is 6.08 Å². The van der Waals surface area contributed by atoms with E-state index in [4.69, 9.17) is 14.2 Å². The van der Waals surface area contributed by atoms with Gasteiger partial charge in [-0.2, -0.15) is 0 Å². The zero-order chi connectivity index (χ0) is 22.8. The lowest BCUT2D eigenvalue weighted by atomic mass is 10.0. The largest absolute Gasteiger partial charge is 0.490 e. The molecular weight excluding hydrogens is 410 g/mol. The van der Waals surface area contributed by atoms with Crippen LogP contribution in [0, 0.1) is 0 Å². The van der Waals surface area contributed by atoms with Gasteiger partial charge < -0.3 is 14.2 Å². The molecule has 0 radical (unpaired) electrons. The van der Waals surface area contributed by atoms with Crippen molar-refractivity contribution < 1.29 is 14.2 Å². The molecule has 1 heterocycles. The molecule has 1 fully saturated rings. The second-order valence-corrected chi connectivity index (χ2v) is 8.58. The van der Waals surface area contributed by atoms with Crippen LogP contribution in [0.5, 0.6) is 11.5 Å². The van der Waals surface area contributed by atoms with Crippen molar-refractivity contribution in [1.29, 1.82) is 0 Å². The van der Waals surface area contributed by atoms with Crippen LogP contribution in [0.3, 0.4) is 0 Å². The average Bonchev–Trinajstić information content (AvgIpc) is 3.36. The first-order valence-electron chi connectivity index (χ1n) is 11.8. The van der Waals surface area contributed by atoms with Crippen molar-refractivity contribution in [2.75, 3.05) is 19.8 Å². The maximum atomic E-state index is 6.36. The summed E-state index contributed by atoms with van der Waals surface area (Å²) in [6.45, 7) is 8.04. The van der Waals surface area contributed by atoms with E-state index in [1.54, 1.807) is 0 Å². The molecule has 0 N–H and O–H groups in total. The Bertz CT molecular complexity index is 1110. The second-order valence-electron chi connectivity index (χ2n) is 8.58. The Morgan fingerprint density at radius 2 is 1.64 bits per heavy atom. The third kappa shape index (κ3) is 4.17. The van der Waals surface area contributed by atoms with Crippen molar-refractivity contribution in [3.05, 3.63) is 89.5 Å². The van der Waals surface area contributed by atoms with E-state index in [-0.39, 0.29) is 18.4 Å². The lowest BCUT2D eigenvalue weighted by Crippen LogP contribution is -2.32. The first kappa shape index (κ1) is 21.7. The molecule has 0 spiro atoms. The lowest BCUT2D eigenvalue weighted by Gasteiger charge is -2.28. The summed E-state index contributed by atoms with van der Waals surface area (Å²) >= 11 is 0. The SMILES string of the molecule is CC=Cc1ccc(OCC)c(OCC2CN(C3c4ccccc4-c4ccccc43)C(C)O2)c1. The first-order valence-corrected chi connectivity index (χ1v) is 11.8. The smallest absolute Gasteiger partial charge is 0.161 e. The summed E-state index contributed by atoms with van der Waals surface area (Å²) in [4.78, 5) is 2.46. The van der Waals surface area contributed by atoms with Gasteiger partial charge in [0.25, 0.3) is 0 Å². The molecule has 1 aliphatic carbocycles. The van der Waals surface area contributed by atoms with E-state index in [0.717, 1.165) is 23.6 Å². The fourth-order valence-corrected chi connectivity index (χ4v) is 5.07. The number of hydrogen-bond acceptors (Lipinski definition) is 4. The van der Waals surface area contributed by atoms with Crippen LogP contribution in [0.15, 0.2) is 72.8 Å². The summed E-state index contributed by atoms with van der Waals surface area (Å²) < 4.78 is 18.4. The molecule has 33 heavy (non-hydrogen) atoms. The molecule has 4 heteroatoms. The number of nitrogens with zero attached hydrogens (tertiary/aromatic N) is 1. The predicted octanol–water partition coefficient (Wildman–Crippen LogP) is 6.31. The van der Waals surface area contributed by atoms with Crippen LogP contribution in [0.4, 0.5) is 0 Å². The van der Waals surface area contributed by atoms with Crippen molar-refractivity contribution in [2.45, 2.75) is 39.1 Å². The summed E-state index contributed by atoms with van der Waals surface area (Å²) in [5.41, 5.74) is 6.46. The Balaban J connectivity index is 1.34. The Kier molecular flexibility index (Phi) is 6.21. The molecule has 2 aliphatic rings. The van der Waals surface area contributed by atoms with Crippen LogP contribution in [-0.4, -0.2) is 37.0 Å². The Morgan fingerprint density at radius 1 is 0.939 bits per heavy atom. The van der Waals surface area contributed by atoms with Crippen LogP contribution in [0.25, 0.3) is 17.2 Å². The number of hydrogen-bond donors (Lipinski definition) is 0. The summed E-state index contributed by atoms with van der Waals surface area (Å²) in [6.07, 6.45) is 4.08. The van der Waals surface area contributed by atoms with Gasteiger partial charge in [0.1, 0.15) is 18.9 Å². The van der Waals surface area contributed by atoms with Gasteiger partial charge in [0.15, 0.2) is 11.5 Å². The third-order valence-corrected chi connectivity index (χ3v) is 6.45. The highest BCUT2D eigenvalue weighted by Crippen LogP contribution is 2.47. The van der Waals surface area contributed by atoms with Crippen molar-refractivity contribution in [3.63, 3.8) is 0 Å². The van der Waals surface area contributed by atoms with Gasteiger partial charge >= 0.3 is 0 Å². The number of rotatable bonds is 7. The van der Waals surface area contributed by atoms with E-state index in [1.807, 2.05) is 38.1 Å². The molecule has 0 saturated carbocycles. The van der Waals surface area contributed by atoms with E-state index in [1.165, 1.54) is 22.3 Å². The summed E-state index contributed by atoms with van der Waals surface area (Å²) in [6, 6.07) is 23.7. The molecule has 1 aliphatic heterocycles. The molecule has 3 aromatic rings. The zero-order valence-corrected chi connectivity index (χ0v) is 19.5. The maximum Gasteiger partial charge on any atom is 0.161 e. The maximum absolute atomic E-state index is 6.36. The molecule has 2 unspecified atom stereocenters. The third-order valence-electron chi connectivity index (χ3n) is 6.45. The number of allylic oxidation sites excluding steroid dienone is 1. The average molecular weight is 442 g/mol. The van der Waals surface area contributed by atoms with Crippen molar-refractivity contribution in [3.8, 4) is 22.6 Å². The molecule has 0 aromatic heterocycles. The highest BCUT2D eigenvalue weighted by molar-refractivity contribution is 5.78. The standard InChI is InChI=1S/C29H31NO3/c1-4-10-21-15-16-27(31-5-2)28(17-21)32-19-22-18-30(20(3)33-22)29-25-13-8-6-11-23(25)24-12-7-9-14-26(24)29/h4,6-17,20,22,29H,5,18-19H2,1-3H3. The van der Waals surface area contributed by atoms with Gasteiger partial charge in [-0.1, -0.05) is 66.7 Å². The molecule has 3 aromatic carbocycles. The minimum atomic E-state index is -0.0141. The molecule has 1 saturated heterocycles. The van der Waals surface area contributed by atoms with E-state index >= 15 is 0 Å². The van der Waals surface area contributed by atoms with Gasteiger partial charge in [0, 0.05) is 6.54 Å². The molecule has 4 nitrogen and oxygen atoms in total. The summed E-state index contributed by atoms with van der Waals surface area (Å²) in [5.74, 6) is 1.53. The highest BCUT2D eigenvalue weighted by atomic mass is 16.6. The molecular formula is C29H31NO3. The Hall–Kier alpha value is -3.08. The molecule has 5 rings (SSSR count). The predicted molar refractivity (Wildman–Crippen MR) is 133 cm³/mol.